The Bertz CT molecular complexity index is 1350. The number of rotatable bonds is 2. The number of fused-ring (bicyclic) bond motifs is 5. The maximum atomic E-state index is 15.1. The second kappa shape index (κ2) is 9.89. The fourth-order valence-corrected chi connectivity index (χ4v) is 4.84. The summed E-state index contributed by atoms with van der Waals surface area (Å²) in [5, 5.41) is 12.6. The van der Waals surface area contributed by atoms with Crippen molar-refractivity contribution in [2.24, 2.45) is 5.92 Å². The number of halogens is 1. The van der Waals surface area contributed by atoms with Crippen molar-refractivity contribution in [1.29, 1.82) is 0 Å². The summed E-state index contributed by atoms with van der Waals surface area (Å²) in [6.07, 6.45) is 5.11. The molecule has 0 saturated heterocycles. The molecule has 8 heteroatoms. The van der Waals surface area contributed by atoms with Crippen LogP contribution in [0.25, 0.3) is 0 Å². The summed E-state index contributed by atoms with van der Waals surface area (Å²) >= 11 is 0. The van der Waals surface area contributed by atoms with Crippen LogP contribution in [-0.4, -0.2) is 39.9 Å². The van der Waals surface area contributed by atoms with Gasteiger partial charge in [-0.05, 0) is 23.6 Å². The van der Waals surface area contributed by atoms with Crippen molar-refractivity contribution in [2.45, 2.75) is 33.4 Å². The smallest absolute Gasteiger partial charge is 0.278 e. The molecule has 5 rings (SSSR count). The Morgan fingerprint density at radius 2 is 1.81 bits per heavy atom. The van der Waals surface area contributed by atoms with Crippen molar-refractivity contribution in [3.05, 3.63) is 106 Å². The predicted octanol–water partition coefficient (Wildman–Crippen LogP) is 4.44. The van der Waals surface area contributed by atoms with Crippen molar-refractivity contribution >= 4 is 5.91 Å². The van der Waals surface area contributed by atoms with Gasteiger partial charge in [-0.15, -0.1) is 0 Å². The minimum absolute atomic E-state index is 0. The van der Waals surface area contributed by atoms with Crippen LogP contribution < -0.4 is 15.2 Å². The number of hydrogen-bond acceptors (Lipinski definition) is 5. The van der Waals surface area contributed by atoms with E-state index in [1.54, 1.807) is 23.1 Å². The highest BCUT2D eigenvalue weighted by Gasteiger charge is 2.40. The molecule has 36 heavy (non-hydrogen) atoms. The summed E-state index contributed by atoms with van der Waals surface area (Å²) in [5.41, 5.74) is 0.626. The summed E-state index contributed by atoms with van der Waals surface area (Å²) in [7, 11) is 0. The fraction of sp³-hybridized carbons (Fsp3) is 0.286. The fourth-order valence-electron chi connectivity index (χ4n) is 4.84. The van der Waals surface area contributed by atoms with Crippen molar-refractivity contribution in [1.82, 2.24) is 9.58 Å². The first-order valence-electron chi connectivity index (χ1n) is 11.5. The second-order valence-electron chi connectivity index (χ2n) is 9.02. The second-order valence-corrected chi connectivity index (χ2v) is 9.02. The molecule has 188 valence electrons. The summed E-state index contributed by atoms with van der Waals surface area (Å²) < 4.78 is 22.5. The third kappa shape index (κ3) is 4.12. The molecule has 2 aliphatic heterocycles. The maximum Gasteiger partial charge on any atom is 0.278 e. The number of amides is 1. The van der Waals surface area contributed by atoms with Gasteiger partial charge in [0, 0.05) is 17.8 Å². The van der Waals surface area contributed by atoms with Gasteiger partial charge < -0.3 is 14.7 Å². The molecule has 2 aliphatic rings. The van der Waals surface area contributed by atoms with Gasteiger partial charge in [0.15, 0.2) is 23.0 Å². The number of pyridine rings is 1. The number of ether oxygens (including phenoxy) is 1. The van der Waals surface area contributed by atoms with Gasteiger partial charge in [0.05, 0.1) is 6.04 Å². The van der Waals surface area contributed by atoms with Gasteiger partial charge in [0.1, 0.15) is 19.3 Å². The molecule has 2 aromatic carbocycles. The maximum absolute atomic E-state index is 15.1. The van der Waals surface area contributed by atoms with Crippen LogP contribution in [-0.2, 0) is 0 Å². The Morgan fingerprint density at radius 1 is 1.06 bits per heavy atom. The van der Waals surface area contributed by atoms with Gasteiger partial charge in [-0.1, -0.05) is 69.8 Å². The summed E-state index contributed by atoms with van der Waals surface area (Å²) in [6, 6.07) is 14.5. The SMILES string of the molecule is C.CC(C)[C@H]1/C=C/COc2c(F)cccc2[C@@H](c2ccccc2)N2CN1C(=O)c1c(O)c(=O)ccn12. The lowest BCUT2D eigenvalue weighted by atomic mass is 9.96. The first-order chi connectivity index (χ1) is 16.9. The monoisotopic (exact) mass is 491 g/mol. The zero-order valence-electron chi connectivity index (χ0n) is 19.5. The van der Waals surface area contributed by atoms with Crippen LogP contribution >= 0.6 is 0 Å². The number of benzene rings is 2. The van der Waals surface area contributed by atoms with Crippen LogP contribution in [0.5, 0.6) is 11.5 Å². The molecule has 0 spiro atoms. The largest absolute Gasteiger partial charge is 0.502 e. The first-order valence-corrected chi connectivity index (χ1v) is 11.5. The molecule has 1 N–H and O–H groups in total. The van der Waals surface area contributed by atoms with Gasteiger partial charge in [-0.2, -0.15) is 0 Å². The molecule has 7 nitrogen and oxygen atoms in total. The van der Waals surface area contributed by atoms with E-state index in [9.17, 15) is 14.7 Å². The molecule has 0 fully saturated rings. The van der Waals surface area contributed by atoms with E-state index in [-0.39, 0.29) is 44.1 Å². The highest BCUT2D eigenvalue weighted by Crippen LogP contribution is 2.38. The van der Waals surface area contributed by atoms with Crippen LogP contribution in [0, 0.1) is 11.7 Å². The van der Waals surface area contributed by atoms with E-state index >= 15 is 4.39 Å². The van der Waals surface area contributed by atoms with Crippen LogP contribution in [0.4, 0.5) is 4.39 Å². The molecule has 0 aliphatic carbocycles. The zero-order chi connectivity index (χ0) is 24.7. The average molecular weight is 492 g/mol. The Balaban J connectivity index is 0.00000304. The predicted molar refractivity (Wildman–Crippen MR) is 136 cm³/mol. The number of aromatic nitrogens is 1. The molecule has 2 atom stereocenters. The highest BCUT2D eigenvalue weighted by molar-refractivity contribution is 5.96. The van der Waals surface area contributed by atoms with Gasteiger partial charge in [-0.3, -0.25) is 19.3 Å². The van der Waals surface area contributed by atoms with Crippen LogP contribution in [0.1, 0.15) is 48.9 Å². The molecule has 0 unspecified atom stereocenters. The Hall–Kier alpha value is -4.07. The van der Waals surface area contributed by atoms with Gasteiger partial charge in [0.25, 0.3) is 5.91 Å². The number of hydrogen-bond donors (Lipinski definition) is 1. The third-order valence-corrected chi connectivity index (χ3v) is 6.50. The van der Waals surface area contributed by atoms with Crippen molar-refractivity contribution in [3.63, 3.8) is 0 Å². The van der Waals surface area contributed by atoms with E-state index < -0.39 is 28.9 Å². The van der Waals surface area contributed by atoms with E-state index in [1.807, 2.05) is 55.3 Å². The van der Waals surface area contributed by atoms with E-state index in [1.165, 1.54) is 23.0 Å². The average Bonchev–Trinajstić information content (AvgIpc) is 2.87. The molecule has 0 radical (unpaired) electrons. The summed E-state index contributed by atoms with van der Waals surface area (Å²) in [4.78, 5) is 27.7. The van der Waals surface area contributed by atoms with Crippen molar-refractivity contribution in [3.8, 4) is 11.5 Å². The molecule has 3 aromatic rings. The van der Waals surface area contributed by atoms with E-state index in [0.717, 1.165) is 5.56 Å². The Kier molecular flexibility index (Phi) is 6.88. The number of carbonyl (C=O) groups is 1. The van der Waals surface area contributed by atoms with E-state index in [2.05, 4.69) is 0 Å². The molecular weight excluding hydrogens is 461 g/mol. The Labute approximate surface area is 209 Å². The van der Waals surface area contributed by atoms with Gasteiger partial charge in [0.2, 0.25) is 5.43 Å². The lowest BCUT2D eigenvalue weighted by molar-refractivity contribution is 0.0588. The van der Waals surface area contributed by atoms with Crippen molar-refractivity contribution in [2.75, 3.05) is 18.3 Å². The minimum Gasteiger partial charge on any atom is -0.502 e. The lowest BCUT2D eigenvalue weighted by Gasteiger charge is -2.46. The van der Waals surface area contributed by atoms with Gasteiger partial charge >= 0.3 is 0 Å². The minimum atomic E-state index is -0.640. The molecule has 3 heterocycles. The number of para-hydroxylation sites is 1. The third-order valence-electron chi connectivity index (χ3n) is 6.50. The van der Waals surface area contributed by atoms with E-state index in [0.29, 0.717) is 5.56 Å². The first kappa shape index (κ1) is 25.0. The number of carbonyl (C=O) groups excluding carboxylic acids is 1. The zero-order valence-corrected chi connectivity index (χ0v) is 19.5. The molecule has 1 amide bonds. The quantitative estimate of drug-likeness (QED) is 0.537. The van der Waals surface area contributed by atoms with Crippen LogP contribution in [0.15, 0.2) is 77.7 Å². The Morgan fingerprint density at radius 3 is 2.53 bits per heavy atom. The van der Waals surface area contributed by atoms with Crippen molar-refractivity contribution < 1.29 is 19.0 Å². The van der Waals surface area contributed by atoms with Crippen LogP contribution in [0.2, 0.25) is 0 Å². The molecule has 2 bridgehead atoms. The number of nitrogens with zero attached hydrogens (tertiary/aromatic N) is 3. The van der Waals surface area contributed by atoms with Crippen LogP contribution in [0.3, 0.4) is 0 Å². The summed E-state index contributed by atoms with van der Waals surface area (Å²) in [5.74, 6) is -1.42. The standard InChI is InChI=1S/C27H26FN3O4.CH4/c1-17(2)21-12-7-15-35-26-19(10-6-11-20(26)28)23(18-8-4-3-5-9-18)31-16-29(21)27(34)24-25(33)22(32)13-14-30(24)31;/h3-14,17,21,23,33H,15-16H2,1-2H3;1H4/b12-7+;/t21-,23-;/m1./s1. The lowest BCUT2D eigenvalue weighted by Crippen LogP contribution is -2.58. The highest BCUT2D eigenvalue weighted by atomic mass is 19.1. The molecule has 0 saturated carbocycles. The van der Waals surface area contributed by atoms with E-state index in [4.69, 9.17) is 4.74 Å². The topological polar surface area (TPSA) is 75.0 Å². The number of aromatic hydroxyl groups is 1. The molecule has 1 aromatic heterocycles. The normalized spacial score (nSPS) is 19.9. The summed E-state index contributed by atoms with van der Waals surface area (Å²) in [6.45, 7) is 4.24. The molecular formula is C28H30FN3O4. The van der Waals surface area contributed by atoms with Gasteiger partial charge in [-0.25, -0.2) is 4.39 Å².